The van der Waals surface area contributed by atoms with E-state index in [2.05, 4.69) is 27.5 Å². The van der Waals surface area contributed by atoms with E-state index in [0.717, 1.165) is 10.7 Å². The molecule has 0 saturated carbocycles. The number of hydrogen-bond acceptors (Lipinski definition) is 4. The van der Waals surface area contributed by atoms with Crippen molar-refractivity contribution in [3.05, 3.63) is 45.7 Å². The van der Waals surface area contributed by atoms with Crippen molar-refractivity contribution in [2.24, 2.45) is 4.99 Å². The average Bonchev–Trinajstić information content (AvgIpc) is 2.86. The SMILES string of the molecule is CN=C(NCc1nc(C)c(C)s1)NCC(C)Oc1cccc(F)c1.I. The van der Waals surface area contributed by atoms with E-state index in [4.69, 9.17) is 4.74 Å². The minimum absolute atomic E-state index is 0. The highest BCUT2D eigenvalue weighted by Crippen LogP contribution is 2.16. The van der Waals surface area contributed by atoms with Gasteiger partial charge in [0.1, 0.15) is 22.7 Å². The van der Waals surface area contributed by atoms with Crippen LogP contribution < -0.4 is 15.4 Å². The number of thiazole rings is 1. The van der Waals surface area contributed by atoms with Crippen LogP contribution in [0.1, 0.15) is 22.5 Å². The molecule has 8 heteroatoms. The predicted molar refractivity (Wildman–Crippen MR) is 112 cm³/mol. The molecule has 0 aliphatic rings. The van der Waals surface area contributed by atoms with E-state index in [-0.39, 0.29) is 35.9 Å². The summed E-state index contributed by atoms with van der Waals surface area (Å²) in [7, 11) is 1.71. The van der Waals surface area contributed by atoms with Crippen LogP contribution in [-0.2, 0) is 6.54 Å². The Hall–Kier alpha value is -1.42. The van der Waals surface area contributed by atoms with Gasteiger partial charge in [-0.2, -0.15) is 0 Å². The number of aryl methyl sites for hydroxylation is 2. The Kier molecular flexibility index (Phi) is 9.12. The number of aromatic nitrogens is 1. The van der Waals surface area contributed by atoms with Crippen LogP contribution in [0.15, 0.2) is 29.3 Å². The smallest absolute Gasteiger partial charge is 0.191 e. The molecule has 1 aromatic carbocycles. The van der Waals surface area contributed by atoms with Gasteiger partial charge < -0.3 is 15.4 Å². The van der Waals surface area contributed by atoms with Crippen molar-refractivity contribution < 1.29 is 9.13 Å². The second-order valence-electron chi connectivity index (χ2n) is 5.44. The Balaban J connectivity index is 0.00000312. The van der Waals surface area contributed by atoms with Crippen LogP contribution in [0.2, 0.25) is 0 Å². The van der Waals surface area contributed by atoms with Crippen LogP contribution >= 0.6 is 35.3 Å². The average molecular weight is 478 g/mol. The molecule has 2 aromatic rings. The standard InChI is InChI=1S/C17H23FN4OS.HI/c1-11(23-15-7-5-6-14(18)8-15)9-20-17(19-4)21-10-16-22-12(2)13(3)24-16;/h5-8,11H,9-10H2,1-4H3,(H2,19,20,21);1H. The van der Waals surface area contributed by atoms with Gasteiger partial charge in [-0.15, -0.1) is 35.3 Å². The second-order valence-corrected chi connectivity index (χ2v) is 6.73. The van der Waals surface area contributed by atoms with E-state index in [1.807, 2.05) is 13.8 Å². The number of hydrogen-bond donors (Lipinski definition) is 2. The van der Waals surface area contributed by atoms with Gasteiger partial charge in [0.2, 0.25) is 0 Å². The topological polar surface area (TPSA) is 58.5 Å². The molecular formula is C17H24FIN4OS. The zero-order valence-electron chi connectivity index (χ0n) is 14.8. The third kappa shape index (κ3) is 7.15. The van der Waals surface area contributed by atoms with Crippen molar-refractivity contribution in [1.82, 2.24) is 15.6 Å². The first-order valence-corrected chi connectivity index (χ1v) is 8.59. The third-order valence-electron chi connectivity index (χ3n) is 3.39. The Morgan fingerprint density at radius 3 is 2.72 bits per heavy atom. The molecule has 0 aliphatic heterocycles. The molecule has 0 saturated heterocycles. The second kappa shape index (κ2) is 10.5. The lowest BCUT2D eigenvalue weighted by Crippen LogP contribution is -2.41. The van der Waals surface area contributed by atoms with E-state index in [0.29, 0.717) is 24.8 Å². The van der Waals surface area contributed by atoms with Crippen molar-refractivity contribution in [3.63, 3.8) is 0 Å². The molecule has 0 aliphatic carbocycles. The lowest BCUT2D eigenvalue weighted by molar-refractivity contribution is 0.223. The monoisotopic (exact) mass is 478 g/mol. The van der Waals surface area contributed by atoms with Gasteiger partial charge in [-0.25, -0.2) is 9.37 Å². The van der Waals surface area contributed by atoms with Crippen LogP contribution in [0.4, 0.5) is 4.39 Å². The summed E-state index contributed by atoms with van der Waals surface area (Å²) in [6, 6.07) is 6.13. The van der Waals surface area contributed by atoms with Crippen molar-refractivity contribution >= 4 is 41.3 Å². The largest absolute Gasteiger partial charge is 0.489 e. The molecular weight excluding hydrogens is 454 g/mol. The number of rotatable bonds is 6. The highest BCUT2D eigenvalue weighted by atomic mass is 127. The van der Waals surface area contributed by atoms with E-state index in [9.17, 15) is 4.39 Å². The first kappa shape index (κ1) is 21.6. The van der Waals surface area contributed by atoms with Crippen LogP contribution in [0.3, 0.4) is 0 Å². The van der Waals surface area contributed by atoms with Crippen LogP contribution in [0.5, 0.6) is 5.75 Å². The minimum Gasteiger partial charge on any atom is -0.489 e. The van der Waals surface area contributed by atoms with E-state index in [1.54, 1.807) is 30.5 Å². The summed E-state index contributed by atoms with van der Waals surface area (Å²) in [6.07, 6.45) is -0.130. The van der Waals surface area contributed by atoms with Crippen molar-refractivity contribution in [1.29, 1.82) is 0 Å². The fourth-order valence-electron chi connectivity index (χ4n) is 2.05. The maximum absolute atomic E-state index is 13.1. The summed E-state index contributed by atoms with van der Waals surface area (Å²) in [6.45, 7) is 7.16. The molecule has 1 unspecified atom stereocenters. The first-order valence-electron chi connectivity index (χ1n) is 7.77. The summed E-state index contributed by atoms with van der Waals surface area (Å²) in [4.78, 5) is 9.90. The highest BCUT2D eigenvalue weighted by Gasteiger charge is 2.08. The predicted octanol–water partition coefficient (Wildman–Crippen LogP) is 3.65. The molecule has 1 atom stereocenters. The lowest BCUT2D eigenvalue weighted by atomic mass is 10.3. The van der Waals surface area contributed by atoms with Crippen molar-refractivity contribution in [3.8, 4) is 5.75 Å². The van der Waals surface area contributed by atoms with Crippen molar-refractivity contribution in [2.75, 3.05) is 13.6 Å². The Labute approximate surface area is 169 Å². The normalized spacial score (nSPS) is 12.3. The van der Waals surface area contributed by atoms with Gasteiger partial charge in [0.25, 0.3) is 0 Å². The van der Waals surface area contributed by atoms with Crippen molar-refractivity contribution in [2.45, 2.75) is 33.4 Å². The zero-order valence-corrected chi connectivity index (χ0v) is 17.9. The van der Waals surface area contributed by atoms with Gasteiger partial charge in [0.05, 0.1) is 18.8 Å². The lowest BCUT2D eigenvalue weighted by Gasteiger charge is -2.17. The zero-order chi connectivity index (χ0) is 17.5. The van der Waals surface area contributed by atoms with E-state index in [1.165, 1.54) is 17.0 Å². The maximum Gasteiger partial charge on any atom is 0.191 e. The number of ether oxygens (including phenoxy) is 1. The number of aliphatic imine (C=N–C) groups is 1. The molecule has 138 valence electrons. The number of nitrogens with one attached hydrogen (secondary N) is 2. The van der Waals surface area contributed by atoms with Gasteiger partial charge in [-0.05, 0) is 32.9 Å². The summed E-state index contributed by atoms with van der Waals surface area (Å²) in [5, 5.41) is 7.44. The van der Waals surface area contributed by atoms with E-state index < -0.39 is 0 Å². The third-order valence-corrected chi connectivity index (χ3v) is 4.47. The molecule has 0 amide bonds. The Bertz CT molecular complexity index is 688. The van der Waals surface area contributed by atoms with Gasteiger partial charge in [-0.1, -0.05) is 6.07 Å². The van der Waals surface area contributed by atoms with Gasteiger partial charge in [0.15, 0.2) is 5.96 Å². The molecule has 0 spiro atoms. The summed E-state index contributed by atoms with van der Waals surface area (Å²) in [5.41, 5.74) is 1.07. The molecule has 0 radical (unpaired) electrons. The summed E-state index contributed by atoms with van der Waals surface area (Å²) in [5.74, 6) is 0.885. The number of benzene rings is 1. The molecule has 0 fully saturated rings. The van der Waals surface area contributed by atoms with Crippen LogP contribution in [0, 0.1) is 19.7 Å². The molecule has 1 aromatic heterocycles. The fourth-order valence-corrected chi connectivity index (χ4v) is 2.92. The molecule has 2 rings (SSSR count). The number of halogens is 2. The van der Waals surface area contributed by atoms with Gasteiger partial charge >= 0.3 is 0 Å². The number of nitrogens with zero attached hydrogens (tertiary/aromatic N) is 2. The van der Waals surface area contributed by atoms with Gasteiger partial charge in [-0.3, -0.25) is 4.99 Å². The maximum atomic E-state index is 13.1. The Morgan fingerprint density at radius 2 is 2.12 bits per heavy atom. The minimum atomic E-state index is -0.306. The molecule has 25 heavy (non-hydrogen) atoms. The van der Waals surface area contributed by atoms with E-state index >= 15 is 0 Å². The van der Waals surface area contributed by atoms with Gasteiger partial charge in [0, 0.05) is 18.0 Å². The molecule has 5 nitrogen and oxygen atoms in total. The summed E-state index contributed by atoms with van der Waals surface area (Å²) >= 11 is 1.68. The first-order chi connectivity index (χ1) is 11.5. The van der Waals surface area contributed by atoms with Crippen LogP contribution in [0.25, 0.3) is 0 Å². The molecule has 2 N–H and O–H groups in total. The number of guanidine groups is 1. The fraction of sp³-hybridized carbons (Fsp3) is 0.412. The quantitative estimate of drug-likeness (QED) is 0.378. The van der Waals surface area contributed by atoms with Crippen LogP contribution in [-0.4, -0.2) is 30.6 Å². The Morgan fingerprint density at radius 1 is 1.36 bits per heavy atom. The highest BCUT2D eigenvalue weighted by molar-refractivity contribution is 14.0. The molecule has 1 heterocycles. The molecule has 0 bridgehead atoms. The summed E-state index contributed by atoms with van der Waals surface area (Å²) < 4.78 is 18.8.